The standard InChI is InChI=1S/C41H35N3O9/c1-2-42-39(49)43(21-29(46)24-52-37(47)35-31-15-7-3-11-25(31)19-26-12-4-8-16-32(26)35)41(51)44(40(42)50)22-30(23-45)53-38(48)36-33-17-9-5-13-27(33)20-28-14-6-10-18-34(28)36/h3-20,29-30,45-46H,2,21-24H2,1H3. The Morgan fingerprint density at radius 3 is 1.43 bits per heavy atom. The van der Waals surface area contributed by atoms with Gasteiger partial charge in [0.15, 0.2) is 0 Å². The van der Waals surface area contributed by atoms with Crippen molar-refractivity contribution in [1.29, 1.82) is 0 Å². The number of carbonyl (C=O) groups is 2. The van der Waals surface area contributed by atoms with Crippen molar-refractivity contribution in [3.05, 3.63) is 152 Å². The number of hydrogen-bond acceptors (Lipinski definition) is 9. The molecule has 53 heavy (non-hydrogen) atoms. The lowest BCUT2D eigenvalue weighted by atomic mass is 9.97. The Bertz CT molecular complexity index is 2620. The van der Waals surface area contributed by atoms with Crippen molar-refractivity contribution in [1.82, 2.24) is 13.7 Å². The van der Waals surface area contributed by atoms with Gasteiger partial charge in [0.05, 0.1) is 30.8 Å². The predicted octanol–water partition coefficient (Wildman–Crippen LogP) is 4.24. The second-order valence-corrected chi connectivity index (χ2v) is 12.7. The van der Waals surface area contributed by atoms with Crippen molar-refractivity contribution in [3.63, 3.8) is 0 Å². The zero-order chi connectivity index (χ0) is 37.2. The molecule has 0 fully saturated rings. The lowest BCUT2D eigenvalue weighted by molar-refractivity contribution is 0.00740. The van der Waals surface area contributed by atoms with Crippen molar-refractivity contribution in [3.8, 4) is 0 Å². The van der Waals surface area contributed by atoms with Gasteiger partial charge in [0.1, 0.15) is 18.8 Å². The van der Waals surface area contributed by atoms with Crippen molar-refractivity contribution in [2.24, 2.45) is 0 Å². The van der Waals surface area contributed by atoms with E-state index < -0.39 is 67.5 Å². The van der Waals surface area contributed by atoms with Gasteiger partial charge in [-0.2, -0.15) is 0 Å². The molecule has 268 valence electrons. The molecule has 0 radical (unpaired) electrons. The molecule has 1 heterocycles. The molecule has 1 aromatic heterocycles. The lowest BCUT2D eigenvalue weighted by Gasteiger charge is -2.20. The van der Waals surface area contributed by atoms with Gasteiger partial charge in [-0.1, -0.05) is 97.1 Å². The molecule has 0 spiro atoms. The highest BCUT2D eigenvalue weighted by molar-refractivity contribution is 6.17. The number of hydrogen-bond donors (Lipinski definition) is 2. The Labute approximate surface area is 301 Å². The van der Waals surface area contributed by atoms with Gasteiger partial charge in [-0.15, -0.1) is 0 Å². The largest absolute Gasteiger partial charge is 0.459 e. The number of fused-ring (bicyclic) bond motifs is 4. The first kappa shape index (κ1) is 35.1. The Balaban J connectivity index is 1.14. The van der Waals surface area contributed by atoms with Gasteiger partial charge in [-0.25, -0.2) is 37.7 Å². The first-order chi connectivity index (χ1) is 25.7. The summed E-state index contributed by atoms with van der Waals surface area (Å²) in [5.74, 6) is -1.47. The quantitative estimate of drug-likeness (QED) is 0.148. The highest BCUT2D eigenvalue weighted by Gasteiger charge is 2.25. The number of aromatic nitrogens is 3. The van der Waals surface area contributed by atoms with Crippen LogP contribution in [0.3, 0.4) is 0 Å². The first-order valence-electron chi connectivity index (χ1n) is 17.1. The van der Waals surface area contributed by atoms with E-state index >= 15 is 0 Å². The van der Waals surface area contributed by atoms with Crippen LogP contribution in [-0.4, -0.2) is 61.3 Å². The molecule has 0 amide bonds. The molecule has 0 saturated heterocycles. The number of benzene rings is 6. The van der Waals surface area contributed by atoms with Gasteiger partial charge in [-0.05, 0) is 62.1 Å². The third-order valence-corrected chi connectivity index (χ3v) is 9.32. The number of rotatable bonds is 11. The van der Waals surface area contributed by atoms with Crippen LogP contribution < -0.4 is 17.1 Å². The smallest absolute Gasteiger partial charge is 0.339 e. The van der Waals surface area contributed by atoms with Gasteiger partial charge < -0.3 is 19.7 Å². The summed E-state index contributed by atoms with van der Waals surface area (Å²) < 4.78 is 13.4. The summed E-state index contributed by atoms with van der Waals surface area (Å²) in [6.45, 7) is -1.10. The van der Waals surface area contributed by atoms with E-state index in [2.05, 4.69) is 0 Å². The molecule has 0 aliphatic rings. The second-order valence-electron chi connectivity index (χ2n) is 12.7. The molecule has 2 atom stereocenters. The fourth-order valence-electron chi connectivity index (χ4n) is 6.79. The maximum absolute atomic E-state index is 13.7. The van der Waals surface area contributed by atoms with E-state index in [-0.39, 0.29) is 12.1 Å². The van der Waals surface area contributed by atoms with Crippen LogP contribution in [0.4, 0.5) is 0 Å². The maximum Gasteiger partial charge on any atom is 0.339 e. The molecule has 0 bridgehead atoms. The molecule has 0 saturated carbocycles. The van der Waals surface area contributed by atoms with E-state index in [1.165, 1.54) is 6.92 Å². The van der Waals surface area contributed by atoms with Crippen molar-refractivity contribution in [2.75, 3.05) is 13.2 Å². The topological polar surface area (TPSA) is 159 Å². The highest BCUT2D eigenvalue weighted by atomic mass is 16.6. The number of ether oxygens (including phenoxy) is 2. The summed E-state index contributed by atoms with van der Waals surface area (Å²) in [6, 6.07) is 33.1. The van der Waals surface area contributed by atoms with Crippen molar-refractivity contribution >= 4 is 55.0 Å². The zero-order valence-corrected chi connectivity index (χ0v) is 28.7. The summed E-state index contributed by atoms with van der Waals surface area (Å²) in [5.41, 5.74) is -2.49. The minimum absolute atomic E-state index is 0.122. The van der Waals surface area contributed by atoms with E-state index in [0.29, 0.717) is 36.2 Å². The van der Waals surface area contributed by atoms with Crippen molar-refractivity contribution in [2.45, 2.75) is 38.8 Å². The van der Waals surface area contributed by atoms with Gasteiger partial charge >= 0.3 is 29.0 Å². The van der Waals surface area contributed by atoms with Crippen LogP contribution in [-0.2, 0) is 29.1 Å². The lowest BCUT2D eigenvalue weighted by Crippen LogP contribution is -2.56. The van der Waals surface area contributed by atoms with Gasteiger partial charge in [0.2, 0.25) is 0 Å². The summed E-state index contributed by atoms with van der Waals surface area (Å²) in [6.07, 6.45) is -2.88. The van der Waals surface area contributed by atoms with Crippen LogP contribution in [0.25, 0.3) is 43.1 Å². The van der Waals surface area contributed by atoms with Crippen molar-refractivity contribution < 1.29 is 29.3 Å². The summed E-state index contributed by atoms with van der Waals surface area (Å²) in [5, 5.41) is 27.0. The van der Waals surface area contributed by atoms with E-state index in [1.807, 2.05) is 60.7 Å². The molecule has 0 aliphatic carbocycles. The Morgan fingerprint density at radius 1 is 0.604 bits per heavy atom. The molecule has 7 rings (SSSR count). The molecule has 7 aromatic rings. The summed E-state index contributed by atoms with van der Waals surface area (Å²) >= 11 is 0. The fraction of sp³-hybridized carbons (Fsp3) is 0.195. The normalized spacial score (nSPS) is 12.7. The van der Waals surface area contributed by atoms with Gasteiger partial charge in [-0.3, -0.25) is 0 Å². The monoisotopic (exact) mass is 713 g/mol. The fourth-order valence-corrected chi connectivity index (χ4v) is 6.79. The number of esters is 2. The molecule has 0 aliphatic heterocycles. The van der Waals surface area contributed by atoms with Crippen LogP contribution in [0.2, 0.25) is 0 Å². The molecule has 6 aromatic carbocycles. The highest BCUT2D eigenvalue weighted by Crippen LogP contribution is 2.30. The average Bonchev–Trinajstić information content (AvgIpc) is 3.17. The van der Waals surface area contributed by atoms with Crippen LogP contribution in [0.15, 0.2) is 124 Å². The van der Waals surface area contributed by atoms with Crippen LogP contribution in [0, 0.1) is 0 Å². The van der Waals surface area contributed by atoms with Crippen LogP contribution in [0.5, 0.6) is 0 Å². The van der Waals surface area contributed by atoms with Gasteiger partial charge in [0, 0.05) is 6.54 Å². The number of aliphatic hydroxyl groups excluding tert-OH is 2. The third-order valence-electron chi connectivity index (χ3n) is 9.32. The minimum atomic E-state index is -1.52. The van der Waals surface area contributed by atoms with Crippen LogP contribution >= 0.6 is 0 Å². The molecule has 12 nitrogen and oxygen atoms in total. The minimum Gasteiger partial charge on any atom is -0.459 e. The van der Waals surface area contributed by atoms with E-state index in [9.17, 15) is 34.2 Å². The molecular formula is C41H35N3O9. The van der Waals surface area contributed by atoms with E-state index in [0.717, 1.165) is 26.1 Å². The number of aliphatic hydroxyl groups is 2. The second kappa shape index (κ2) is 14.7. The molecular weight excluding hydrogens is 678 g/mol. The first-order valence-corrected chi connectivity index (χ1v) is 17.1. The Morgan fingerprint density at radius 2 is 1.00 bits per heavy atom. The summed E-state index contributed by atoms with van der Waals surface area (Å²) in [4.78, 5) is 67.6. The molecule has 2 unspecified atom stereocenters. The number of carbonyl (C=O) groups excluding carboxylic acids is 2. The van der Waals surface area contributed by atoms with E-state index in [1.54, 1.807) is 48.5 Å². The SMILES string of the molecule is CCn1c(=O)n(CC(O)COC(=O)c2c3ccccc3cc3ccccc23)c(=O)n(CC(CO)OC(=O)c2c3ccccc3cc3ccccc23)c1=O. The van der Waals surface area contributed by atoms with Gasteiger partial charge in [0.25, 0.3) is 0 Å². The Kier molecular flexibility index (Phi) is 9.72. The summed E-state index contributed by atoms with van der Waals surface area (Å²) in [7, 11) is 0. The third kappa shape index (κ3) is 6.61. The number of nitrogens with zero attached hydrogens (tertiary/aromatic N) is 3. The van der Waals surface area contributed by atoms with E-state index in [4.69, 9.17) is 9.47 Å². The predicted molar refractivity (Wildman–Crippen MR) is 200 cm³/mol. The Hall–Kier alpha value is -6.37. The zero-order valence-electron chi connectivity index (χ0n) is 28.7. The molecule has 12 heteroatoms. The maximum atomic E-state index is 13.7. The average molecular weight is 714 g/mol. The van der Waals surface area contributed by atoms with Crippen LogP contribution in [0.1, 0.15) is 27.6 Å². The molecule has 2 N–H and O–H groups in total.